The summed E-state index contributed by atoms with van der Waals surface area (Å²) in [6.45, 7) is 3.30. The van der Waals surface area contributed by atoms with Gasteiger partial charge in [-0.1, -0.05) is 25.1 Å². The lowest BCUT2D eigenvalue weighted by Gasteiger charge is -2.12. The van der Waals surface area contributed by atoms with E-state index in [1.807, 2.05) is 36.4 Å². The van der Waals surface area contributed by atoms with Gasteiger partial charge in [-0.15, -0.1) is 0 Å². The van der Waals surface area contributed by atoms with Crippen LogP contribution in [0.5, 0.6) is 17.2 Å². The van der Waals surface area contributed by atoms with E-state index in [-0.39, 0.29) is 5.75 Å². The van der Waals surface area contributed by atoms with Crippen molar-refractivity contribution in [2.45, 2.75) is 19.9 Å². The van der Waals surface area contributed by atoms with Gasteiger partial charge in [-0.05, 0) is 24.6 Å². The zero-order valence-corrected chi connectivity index (χ0v) is 12.4. The monoisotopic (exact) mass is 287 g/mol. The first-order chi connectivity index (χ1) is 10.2. The Morgan fingerprint density at radius 3 is 2.71 bits per heavy atom. The number of phenolic OH excluding ortho intramolecular Hbond substituents is 1. The van der Waals surface area contributed by atoms with Crippen LogP contribution < -0.4 is 14.8 Å². The van der Waals surface area contributed by atoms with Crippen molar-refractivity contribution in [2.75, 3.05) is 19.0 Å². The maximum atomic E-state index is 10.0. The summed E-state index contributed by atoms with van der Waals surface area (Å²) in [6.07, 6.45) is 0.981. The summed E-state index contributed by atoms with van der Waals surface area (Å²) in [5, 5.41) is 13.3. The van der Waals surface area contributed by atoms with Gasteiger partial charge in [-0.25, -0.2) is 0 Å². The van der Waals surface area contributed by atoms with Crippen molar-refractivity contribution < 1.29 is 14.6 Å². The highest BCUT2D eigenvalue weighted by molar-refractivity contribution is 5.51. The molecule has 2 rings (SSSR count). The highest BCUT2D eigenvalue weighted by atomic mass is 16.5. The summed E-state index contributed by atoms with van der Waals surface area (Å²) in [4.78, 5) is 0. The molecule has 112 valence electrons. The van der Waals surface area contributed by atoms with E-state index < -0.39 is 0 Å². The number of anilines is 1. The maximum Gasteiger partial charge on any atom is 0.162 e. The van der Waals surface area contributed by atoms with Gasteiger partial charge in [0.1, 0.15) is 5.75 Å². The summed E-state index contributed by atoms with van der Waals surface area (Å²) >= 11 is 0. The van der Waals surface area contributed by atoms with Crippen LogP contribution in [0, 0.1) is 0 Å². The van der Waals surface area contributed by atoms with Crippen molar-refractivity contribution in [1.82, 2.24) is 0 Å². The second-order valence-corrected chi connectivity index (χ2v) is 4.70. The number of rotatable bonds is 7. The first-order valence-electron chi connectivity index (χ1n) is 7.06. The molecule has 0 spiro atoms. The molecule has 0 aliphatic heterocycles. The summed E-state index contributed by atoms with van der Waals surface area (Å²) < 4.78 is 10.7. The summed E-state index contributed by atoms with van der Waals surface area (Å²) in [5.74, 6) is 1.50. The van der Waals surface area contributed by atoms with Crippen LogP contribution in [-0.4, -0.2) is 18.8 Å². The van der Waals surface area contributed by atoms with Gasteiger partial charge in [0.25, 0.3) is 0 Å². The number of hydrogen-bond donors (Lipinski definition) is 2. The molecule has 0 fully saturated rings. The van der Waals surface area contributed by atoms with E-state index >= 15 is 0 Å². The standard InChI is InChI=1S/C17H21NO3/c1-3-10-21-15-8-5-7-14(11-15)18-12-13-6-4-9-16(20-2)17(13)19/h4-9,11,18-19H,3,10,12H2,1-2H3. The van der Waals surface area contributed by atoms with Crippen molar-refractivity contribution >= 4 is 5.69 Å². The average molecular weight is 287 g/mol. The molecule has 21 heavy (non-hydrogen) atoms. The summed E-state index contributed by atoms with van der Waals surface area (Å²) in [5.41, 5.74) is 1.74. The molecular weight excluding hydrogens is 266 g/mol. The van der Waals surface area contributed by atoms with Crippen LogP contribution >= 0.6 is 0 Å². The first kappa shape index (κ1) is 15.0. The summed E-state index contributed by atoms with van der Waals surface area (Å²) in [6, 6.07) is 13.3. The molecule has 4 heteroatoms. The van der Waals surface area contributed by atoms with Crippen LogP contribution in [0.3, 0.4) is 0 Å². The van der Waals surface area contributed by atoms with Gasteiger partial charge in [-0.3, -0.25) is 0 Å². The zero-order valence-electron chi connectivity index (χ0n) is 12.4. The topological polar surface area (TPSA) is 50.7 Å². The van der Waals surface area contributed by atoms with Crippen LogP contribution in [0.4, 0.5) is 5.69 Å². The van der Waals surface area contributed by atoms with Gasteiger partial charge in [0.2, 0.25) is 0 Å². The van der Waals surface area contributed by atoms with Gasteiger partial charge in [-0.2, -0.15) is 0 Å². The number of methoxy groups -OCH3 is 1. The van der Waals surface area contributed by atoms with E-state index in [4.69, 9.17) is 9.47 Å². The molecule has 0 unspecified atom stereocenters. The van der Waals surface area contributed by atoms with E-state index in [0.717, 1.165) is 23.4 Å². The van der Waals surface area contributed by atoms with Gasteiger partial charge in [0, 0.05) is 23.9 Å². The molecule has 4 nitrogen and oxygen atoms in total. The summed E-state index contributed by atoms with van der Waals surface area (Å²) in [7, 11) is 1.54. The Morgan fingerprint density at radius 2 is 1.95 bits per heavy atom. The second-order valence-electron chi connectivity index (χ2n) is 4.70. The fraction of sp³-hybridized carbons (Fsp3) is 0.294. The first-order valence-corrected chi connectivity index (χ1v) is 7.06. The quantitative estimate of drug-likeness (QED) is 0.813. The highest BCUT2D eigenvalue weighted by Crippen LogP contribution is 2.30. The molecule has 0 aliphatic rings. The number of hydrogen-bond acceptors (Lipinski definition) is 4. The minimum atomic E-state index is 0.172. The Hall–Kier alpha value is -2.36. The van der Waals surface area contributed by atoms with Crippen LogP contribution in [-0.2, 0) is 6.54 Å². The lowest BCUT2D eigenvalue weighted by molar-refractivity contribution is 0.317. The second kappa shape index (κ2) is 7.43. The van der Waals surface area contributed by atoms with Crippen molar-refractivity contribution in [3.63, 3.8) is 0 Å². The van der Waals surface area contributed by atoms with Gasteiger partial charge < -0.3 is 19.9 Å². The van der Waals surface area contributed by atoms with Gasteiger partial charge in [0.05, 0.1) is 13.7 Å². The van der Waals surface area contributed by atoms with Gasteiger partial charge in [0.15, 0.2) is 11.5 Å². The molecule has 0 radical (unpaired) electrons. The minimum absolute atomic E-state index is 0.172. The Balaban J connectivity index is 2.03. The van der Waals surface area contributed by atoms with E-state index in [9.17, 15) is 5.11 Å². The molecule has 0 heterocycles. The van der Waals surface area contributed by atoms with Crippen LogP contribution in [0.2, 0.25) is 0 Å². The Labute approximate surface area is 125 Å². The fourth-order valence-corrected chi connectivity index (χ4v) is 1.99. The number of phenols is 1. The number of aromatic hydroxyl groups is 1. The third-order valence-corrected chi connectivity index (χ3v) is 3.09. The molecule has 2 aromatic rings. The van der Waals surface area contributed by atoms with Gasteiger partial charge >= 0.3 is 0 Å². The van der Waals surface area contributed by atoms with Crippen molar-refractivity contribution in [2.24, 2.45) is 0 Å². The number of ether oxygens (including phenoxy) is 2. The van der Waals surface area contributed by atoms with Crippen LogP contribution in [0.25, 0.3) is 0 Å². The smallest absolute Gasteiger partial charge is 0.162 e. The Morgan fingerprint density at radius 1 is 1.14 bits per heavy atom. The molecule has 0 bridgehead atoms. The predicted molar refractivity (Wildman–Crippen MR) is 84.2 cm³/mol. The number of benzene rings is 2. The SMILES string of the molecule is CCCOc1cccc(NCc2cccc(OC)c2O)c1. The molecule has 0 atom stereocenters. The highest BCUT2D eigenvalue weighted by Gasteiger charge is 2.07. The third-order valence-electron chi connectivity index (χ3n) is 3.09. The molecule has 0 aromatic heterocycles. The van der Waals surface area contributed by atoms with Crippen molar-refractivity contribution in [3.05, 3.63) is 48.0 Å². The normalized spacial score (nSPS) is 10.2. The molecule has 2 aromatic carbocycles. The Bertz CT molecular complexity index is 584. The van der Waals surface area contributed by atoms with Crippen molar-refractivity contribution in [1.29, 1.82) is 0 Å². The molecule has 0 amide bonds. The molecular formula is C17H21NO3. The van der Waals surface area contributed by atoms with E-state index in [1.165, 1.54) is 0 Å². The van der Waals surface area contributed by atoms with Crippen LogP contribution in [0.1, 0.15) is 18.9 Å². The van der Waals surface area contributed by atoms with E-state index in [2.05, 4.69) is 12.2 Å². The van der Waals surface area contributed by atoms with Crippen LogP contribution in [0.15, 0.2) is 42.5 Å². The lowest BCUT2D eigenvalue weighted by Crippen LogP contribution is -2.01. The lowest BCUT2D eigenvalue weighted by atomic mass is 10.2. The number of para-hydroxylation sites is 1. The minimum Gasteiger partial charge on any atom is -0.504 e. The van der Waals surface area contributed by atoms with E-state index in [0.29, 0.717) is 18.9 Å². The molecule has 0 aliphatic carbocycles. The average Bonchev–Trinajstić information content (AvgIpc) is 2.52. The molecule has 0 saturated carbocycles. The fourth-order valence-electron chi connectivity index (χ4n) is 1.99. The number of nitrogens with one attached hydrogen (secondary N) is 1. The predicted octanol–water partition coefficient (Wildman–Crippen LogP) is 3.80. The van der Waals surface area contributed by atoms with E-state index in [1.54, 1.807) is 13.2 Å². The Kier molecular flexibility index (Phi) is 5.32. The molecule has 0 saturated heterocycles. The molecule has 2 N–H and O–H groups in total. The van der Waals surface area contributed by atoms with Crippen molar-refractivity contribution in [3.8, 4) is 17.2 Å². The largest absolute Gasteiger partial charge is 0.504 e. The third kappa shape index (κ3) is 4.05. The maximum absolute atomic E-state index is 10.0. The zero-order chi connectivity index (χ0) is 15.1.